The summed E-state index contributed by atoms with van der Waals surface area (Å²) in [4.78, 5) is 7.48. The summed E-state index contributed by atoms with van der Waals surface area (Å²) in [6.45, 7) is 0.298. The molecule has 0 saturated heterocycles. The van der Waals surface area contributed by atoms with Crippen LogP contribution in [0.15, 0.2) is 48.7 Å². The van der Waals surface area contributed by atoms with Crippen molar-refractivity contribution < 1.29 is 9.13 Å². The van der Waals surface area contributed by atoms with Gasteiger partial charge < -0.3 is 10.5 Å². The SMILES string of the molecule is Nc1nc(OCc2cccc3ccccc23)ncc1F. The van der Waals surface area contributed by atoms with Gasteiger partial charge in [0.15, 0.2) is 11.6 Å². The van der Waals surface area contributed by atoms with Gasteiger partial charge >= 0.3 is 6.01 Å². The molecule has 2 aromatic carbocycles. The summed E-state index contributed by atoms with van der Waals surface area (Å²) < 4.78 is 18.4. The molecular weight excluding hydrogens is 257 g/mol. The number of anilines is 1. The molecule has 2 N–H and O–H groups in total. The lowest BCUT2D eigenvalue weighted by molar-refractivity contribution is 0.281. The molecule has 20 heavy (non-hydrogen) atoms. The Morgan fingerprint density at radius 3 is 2.75 bits per heavy atom. The minimum absolute atomic E-state index is 0.0665. The summed E-state index contributed by atoms with van der Waals surface area (Å²) >= 11 is 0. The minimum atomic E-state index is -0.650. The molecule has 100 valence electrons. The number of rotatable bonds is 3. The zero-order valence-electron chi connectivity index (χ0n) is 10.6. The van der Waals surface area contributed by atoms with E-state index in [1.165, 1.54) is 0 Å². The second kappa shape index (κ2) is 5.13. The molecule has 0 unspecified atom stereocenters. The van der Waals surface area contributed by atoms with Gasteiger partial charge in [-0.3, -0.25) is 0 Å². The van der Waals surface area contributed by atoms with Crippen LogP contribution in [0.25, 0.3) is 10.8 Å². The van der Waals surface area contributed by atoms with E-state index >= 15 is 0 Å². The molecule has 1 heterocycles. The van der Waals surface area contributed by atoms with E-state index in [4.69, 9.17) is 10.5 Å². The molecule has 0 spiro atoms. The number of ether oxygens (including phenoxy) is 1. The van der Waals surface area contributed by atoms with Crippen LogP contribution in [0.3, 0.4) is 0 Å². The number of benzene rings is 2. The maximum Gasteiger partial charge on any atom is 0.318 e. The fraction of sp³-hybridized carbons (Fsp3) is 0.0667. The summed E-state index contributed by atoms with van der Waals surface area (Å²) in [5.74, 6) is -0.865. The Morgan fingerprint density at radius 2 is 1.90 bits per heavy atom. The molecule has 3 aromatic rings. The number of hydrogen-bond acceptors (Lipinski definition) is 4. The lowest BCUT2D eigenvalue weighted by Crippen LogP contribution is -2.03. The highest BCUT2D eigenvalue weighted by Gasteiger charge is 2.06. The molecule has 0 saturated carbocycles. The number of halogens is 1. The zero-order chi connectivity index (χ0) is 13.9. The second-order valence-corrected chi connectivity index (χ2v) is 4.31. The number of nitrogen functional groups attached to an aromatic ring is 1. The molecule has 1 aromatic heterocycles. The average Bonchev–Trinajstić information content (AvgIpc) is 2.48. The minimum Gasteiger partial charge on any atom is -0.459 e. The highest BCUT2D eigenvalue weighted by atomic mass is 19.1. The third-order valence-corrected chi connectivity index (χ3v) is 2.99. The van der Waals surface area contributed by atoms with Crippen molar-refractivity contribution in [1.29, 1.82) is 0 Å². The van der Waals surface area contributed by atoms with Crippen LogP contribution < -0.4 is 10.5 Å². The molecule has 0 amide bonds. The monoisotopic (exact) mass is 269 g/mol. The van der Waals surface area contributed by atoms with Gasteiger partial charge in [-0.15, -0.1) is 0 Å². The van der Waals surface area contributed by atoms with E-state index in [0.717, 1.165) is 22.5 Å². The number of nitrogens with zero attached hydrogens (tertiary/aromatic N) is 2. The molecule has 0 fully saturated rings. The Balaban J connectivity index is 1.85. The van der Waals surface area contributed by atoms with Crippen molar-refractivity contribution in [3.8, 4) is 6.01 Å². The quantitative estimate of drug-likeness (QED) is 0.794. The van der Waals surface area contributed by atoms with E-state index < -0.39 is 5.82 Å². The maximum atomic E-state index is 13.0. The van der Waals surface area contributed by atoms with Crippen molar-refractivity contribution in [3.63, 3.8) is 0 Å². The molecule has 4 nitrogen and oxygen atoms in total. The van der Waals surface area contributed by atoms with E-state index in [0.29, 0.717) is 6.61 Å². The van der Waals surface area contributed by atoms with Crippen molar-refractivity contribution in [2.24, 2.45) is 0 Å². The van der Waals surface area contributed by atoms with Gasteiger partial charge in [0, 0.05) is 0 Å². The van der Waals surface area contributed by atoms with Crippen LogP contribution in [0.4, 0.5) is 10.2 Å². The molecule has 0 atom stereocenters. The van der Waals surface area contributed by atoms with Gasteiger partial charge in [0.1, 0.15) is 6.61 Å². The predicted molar refractivity (Wildman–Crippen MR) is 74.7 cm³/mol. The largest absolute Gasteiger partial charge is 0.459 e. The molecule has 0 aliphatic heterocycles. The van der Waals surface area contributed by atoms with E-state index in [9.17, 15) is 4.39 Å². The third kappa shape index (κ3) is 2.38. The summed E-state index contributed by atoms with van der Waals surface area (Å²) in [6.07, 6.45) is 1.00. The van der Waals surface area contributed by atoms with Crippen molar-refractivity contribution in [1.82, 2.24) is 9.97 Å². The molecule has 0 aliphatic rings. The highest BCUT2D eigenvalue weighted by Crippen LogP contribution is 2.20. The van der Waals surface area contributed by atoms with Gasteiger partial charge in [-0.25, -0.2) is 9.37 Å². The molecule has 3 rings (SSSR count). The lowest BCUT2D eigenvalue weighted by atomic mass is 10.1. The van der Waals surface area contributed by atoms with Gasteiger partial charge in [0.25, 0.3) is 0 Å². The average molecular weight is 269 g/mol. The normalized spacial score (nSPS) is 10.7. The molecule has 0 aliphatic carbocycles. The van der Waals surface area contributed by atoms with Gasteiger partial charge in [0.05, 0.1) is 6.20 Å². The Labute approximate surface area is 115 Å². The van der Waals surface area contributed by atoms with Crippen molar-refractivity contribution >= 4 is 16.6 Å². The molecule has 0 radical (unpaired) electrons. The number of fused-ring (bicyclic) bond motifs is 1. The second-order valence-electron chi connectivity index (χ2n) is 4.31. The first-order valence-corrected chi connectivity index (χ1v) is 6.11. The van der Waals surface area contributed by atoms with E-state index in [1.807, 2.05) is 42.5 Å². The molecule has 5 heteroatoms. The van der Waals surface area contributed by atoms with Crippen LogP contribution in [0.2, 0.25) is 0 Å². The summed E-state index contributed by atoms with van der Waals surface area (Å²) in [5, 5.41) is 2.23. The number of nitrogens with two attached hydrogens (primary N) is 1. The van der Waals surface area contributed by atoms with E-state index in [2.05, 4.69) is 9.97 Å². The first-order valence-electron chi connectivity index (χ1n) is 6.11. The van der Waals surface area contributed by atoms with Crippen LogP contribution in [0.1, 0.15) is 5.56 Å². The molecule has 0 bridgehead atoms. The lowest BCUT2D eigenvalue weighted by Gasteiger charge is -2.08. The Kier molecular flexibility index (Phi) is 3.16. The van der Waals surface area contributed by atoms with Gasteiger partial charge in [-0.05, 0) is 16.3 Å². The maximum absolute atomic E-state index is 13.0. The standard InChI is InChI=1S/C15H12FN3O/c16-13-8-18-15(19-14(13)17)20-9-11-6-3-5-10-4-1-2-7-12(10)11/h1-8H,9H2,(H2,17,18,19). The first-order chi connectivity index (χ1) is 9.74. The third-order valence-electron chi connectivity index (χ3n) is 2.99. The predicted octanol–water partition coefficient (Wildman–Crippen LogP) is 2.93. The summed E-state index contributed by atoms with van der Waals surface area (Å²) in [6, 6.07) is 14.0. The van der Waals surface area contributed by atoms with Gasteiger partial charge in [0.2, 0.25) is 0 Å². The van der Waals surface area contributed by atoms with Crippen LogP contribution >= 0.6 is 0 Å². The van der Waals surface area contributed by atoms with Crippen molar-refractivity contribution in [2.75, 3.05) is 5.73 Å². The Bertz CT molecular complexity index is 756. The molecular formula is C15H12FN3O. The van der Waals surface area contributed by atoms with E-state index in [1.54, 1.807) is 0 Å². The topological polar surface area (TPSA) is 61.0 Å². The zero-order valence-corrected chi connectivity index (χ0v) is 10.6. The highest BCUT2D eigenvalue weighted by molar-refractivity contribution is 5.85. The number of aromatic nitrogens is 2. The van der Waals surface area contributed by atoms with Crippen LogP contribution in [-0.2, 0) is 6.61 Å². The number of hydrogen-bond donors (Lipinski definition) is 1. The van der Waals surface area contributed by atoms with Crippen LogP contribution in [-0.4, -0.2) is 9.97 Å². The van der Waals surface area contributed by atoms with Gasteiger partial charge in [-0.2, -0.15) is 4.98 Å². The van der Waals surface area contributed by atoms with Crippen LogP contribution in [0, 0.1) is 5.82 Å². The van der Waals surface area contributed by atoms with Crippen LogP contribution in [0.5, 0.6) is 6.01 Å². The van der Waals surface area contributed by atoms with Crippen molar-refractivity contribution in [3.05, 3.63) is 60.0 Å². The summed E-state index contributed by atoms with van der Waals surface area (Å²) in [5.41, 5.74) is 6.38. The van der Waals surface area contributed by atoms with Crippen molar-refractivity contribution in [2.45, 2.75) is 6.61 Å². The van der Waals surface area contributed by atoms with E-state index in [-0.39, 0.29) is 11.8 Å². The fourth-order valence-electron chi connectivity index (χ4n) is 1.99. The Hall–Kier alpha value is -2.69. The first kappa shape index (κ1) is 12.3. The Morgan fingerprint density at radius 1 is 1.10 bits per heavy atom. The smallest absolute Gasteiger partial charge is 0.318 e. The van der Waals surface area contributed by atoms with Gasteiger partial charge in [-0.1, -0.05) is 42.5 Å². The summed E-state index contributed by atoms with van der Waals surface area (Å²) in [7, 11) is 0. The fourth-order valence-corrected chi connectivity index (χ4v) is 1.99.